The van der Waals surface area contributed by atoms with E-state index in [4.69, 9.17) is 0 Å². The van der Waals surface area contributed by atoms with Crippen LogP contribution in [0.4, 0.5) is 5.13 Å². The summed E-state index contributed by atoms with van der Waals surface area (Å²) in [4.78, 5) is 4.20. The molecule has 1 heterocycles. The van der Waals surface area contributed by atoms with Gasteiger partial charge in [-0.3, -0.25) is 0 Å². The zero-order chi connectivity index (χ0) is 11.8. The predicted molar refractivity (Wildman–Crippen MR) is 65.8 cm³/mol. The van der Waals surface area contributed by atoms with Crippen LogP contribution in [0.15, 0.2) is 4.21 Å². The molecule has 1 aliphatic carbocycles. The van der Waals surface area contributed by atoms with Gasteiger partial charge in [-0.2, -0.15) is 0 Å². The van der Waals surface area contributed by atoms with E-state index in [1.165, 1.54) is 11.3 Å². The molecule has 1 N–H and O–H groups in total. The van der Waals surface area contributed by atoms with E-state index in [0.717, 1.165) is 25.7 Å². The van der Waals surface area contributed by atoms with E-state index in [2.05, 4.69) is 10.3 Å². The Bertz CT molecular complexity index is 473. The number of nitrogens with one attached hydrogen (secondary N) is 1. The maximum absolute atomic E-state index is 12.3. The van der Waals surface area contributed by atoms with Crippen molar-refractivity contribution in [2.75, 3.05) is 12.4 Å². The summed E-state index contributed by atoms with van der Waals surface area (Å²) in [5.41, 5.74) is 0.626. The number of nitrogens with zero attached hydrogens (tertiary/aromatic N) is 1. The van der Waals surface area contributed by atoms with Gasteiger partial charge in [0, 0.05) is 7.05 Å². The van der Waals surface area contributed by atoms with Crippen molar-refractivity contribution in [3.8, 4) is 0 Å². The molecule has 0 amide bonds. The van der Waals surface area contributed by atoms with Gasteiger partial charge in [-0.05, 0) is 19.8 Å². The predicted octanol–water partition coefficient (Wildman–Crippen LogP) is 2.21. The van der Waals surface area contributed by atoms with Crippen molar-refractivity contribution in [3.05, 3.63) is 5.69 Å². The molecule has 16 heavy (non-hydrogen) atoms. The molecule has 1 saturated carbocycles. The fraction of sp³-hybridized carbons (Fsp3) is 0.700. The minimum absolute atomic E-state index is 0.184. The van der Waals surface area contributed by atoms with E-state index in [1.807, 2.05) is 0 Å². The average molecular weight is 260 g/mol. The van der Waals surface area contributed by atoms with Crippen molar-refractivity contribution >= 4 is 26.3 Å². The molecule has 0 saturated heterocycles. The SMILES string of the molecule is CNc1nc(C)c(S(=O)(=O)C2CCCC2)s1. The lowest BCUT2D eigenvalue weighted by atomic mass is 10.4. The first kappa shape index (κ1) is 11.9. The molecule has 0 atom stereocenters. The van der Waals surface area contributed by atoms with Crippen LogP contribution >= 0.6 is 11.3 Å². The second-order valence-electron chi connectivity index (χ2n) is 4.09. The molecule has 0 aromatic carbocycles. The van der Waals surface area contributed by atoms with Gasteiger partial charge in [0.1, 0.15) is 4.21 Å². The van der Waals surface area contributed by atoms with Gasteiger partial charge in [-0.1, -0.05) is 24.2 Å². The average Bonchev–Trinajstić information content (AvgIpc) is 2.85. The van der Waals surface area contributed by atoms with Crippen LogP contribution in [0.25, 0.3) is 0 Å². The van der Waals surface area contributed by atoms with Crippen LogP contribution in [0.1, 0.15) is 31.4 Å². The highest BCUT2D eigenvalue weighted by molar-refractivity contribution is 7.94. The molecule has 4 nitrogen and oxygen atoms in total. The minimum atomic E-state index is -3.14. The second kappa shape index (κ2) is 4.33. The van der Waals surface area contributed by atoms with Crippen molar-refractivity contribution < 1.29 is 8.42 Å². The fourth-order valence-electron chi connectivity index (χ4n) is 2.10. The summed E-state index contributed by atoms with van der Waals surface area (Å²) in [7, 11) is -1.39. The molecule has 0 radical (unpaired) electrons. The summed E-state index contributed by atoms with van der Waals surface area (Å²) in [6, 6.07) is 0. The van der Waals surface area contributed by atoms with Crippen molar-refractivity contribution in [1.82, 2.24) is 4.98 Å². The molecule has 1 fully saturated rings. The molecule has 0 spiro atoms. The van der Waals surface area contributed by atoms with Gasteiger partial charge in [-0.15, -0.1) is 0 Å². The fourth-order valence-corrected chi connectivity index (χ4v) is 5.58. The summed E-state index contributed by atoms with van der Waals surface area (Å²) in [5.74, 6) is 0. The maximum Gasteiger partial charge on any atom is 0.192 e. The standard InChI is InChI=1S/C10H16N2O2S2/c1-7-9(15-10(11-2)12-7)16(13,14)8-5-3-4-6-8/h8H,3-6H2,1-2H3,(H,11,12). The zero-order valence-electron chi connectivity index (χ0n) is 9.49. The monoisotopic (exact) mass is 260 g/mol. The lowest BCUT2D eigenvalue weighted by molar-refractivity contribution is 0.581. The van der Waals surface area contributed by atoms with Crippen LogP contribution in [-0.4, -0.2) is 25.7 Å². The Morgan fingerprint density at radius 1 is 1.38 bits per heavy atom. The van der Waals surface area contributed by atoms with Gasteiger partial charge in [0.15, 0.2) is 15.0 Å². The molecule has 2 rings (SSSR count). The Labute approximate surface area is 100 Å². The third-order valence-electron chi connectivity index (χ3n) is 2.97. The first-order valence-corrected chi connectivity index (χ1v) is 7.81. The van der Waals surface area contributed by atoms with Crippen LogP contribution in [0.2, 0.25) is 0 Å². The van der Waals surface area contributed by atoms with Crippen molar-refractivity contribution in [3.63, 3.8) is 0 Å². The number of rotatable bonds is 3. The van der Waals surface area contributed by atoms with Gasteiger partial charge >= 0.3 is 0 Å². The Morgan fingerprint density at radius 2 is 2.00 bits per heavy atom. The van der Waals surface area contributed by atoms with E-state index in [0.29, 0.717) is 15.0 Å². The molecular weight excluding hydrogens is 244 g/mol. The van der Waals surface area contributed by atoms with Crippen LogP contribution in [0.3, 0.4) is 0 Å². The third-order valence-corrected chi connectivity index (χ3v) is 7.05. The highest BCUT2D eigenvalue weighted by Gasteiger charge is 2.33. The van der Waals surface area contributed by atoms with E-state index < -0.39 is 9.84 Å². The maximum atomic E-state index is 12.3. The largest absolute Gasteiger partial charge is 0.365 e. The van der Waals surface area contributed by atoms with Crippen molar-refractivity contribution in [1.29, 1.82) is 0 Å². The lowest BCUT2D eigenvalue weighted by Crippen LogP contribution is -2.17. The highest BCUT2D eigenvalue weighted by atomic mass is 32.2. The Balaban J connectivity index is 2.38. The normalized spacial score (nSPS) is 17.9. The Kier molecular flexibility index (Phi) is 3.21. The Morgan fingerprint density at radius 3 is 2.50 bits per heavy atom. The van der Waals surface area contributed by atoms with Gasteiger partial charge in [0.25, 0.3) is 0 Å². The van der Waals surface area contributed by atoms with E-state index in [-0.39, 0.29) is 5.25 Å². The van der Waals surface area contributed by atoms with Gasteiger partial charge in [0.05, 0.1) is 10.9 Å². The van der Waals surface area contributed by atoms with Gasteiger partial charge in [-0.25, -0.2) is 13.4 Å². The topological polar surface area (TPSA) is 59.1 Å². The molecule has 6 heteroatoms. The highest BCUT2D eigenvalue weighted by Crippen LogP contribution is 2.35. The van der Waals surface area contributed by atoms with Gasteiger partial charge in [0.2, 0.25) is 0 Å². The van der Waals surface area contributed by atoms with Crippen LogP contribution in [0.5, 0.6) is 0 Å². The number of hydrogen-bond acceptors (Lipinski definition) is 5. The molecule has 0 aliphatic heterocycles. The zero-order valence-corrected chi connectivity index (χ0v) is 11.1. The second-order valence-corrected chi connectivity index (χ2v) is 7.52. The van der Waals surface area contributed by atoms with Crippen LogP contribution < -0.4 is 5.32 Å². The van der Waals surface area contributed by atoms with E-state index in [9.17, 15) is 8.42 Å². The van der Waals surface area contributed by atoms with Crippen LogP contribution in [0, 0.1) is 6.92 Å². The number of anilines is 1. The summed E-state index contributed by atoms with van der Waals surface area (Å²) in [6.07, 6.45) is 3.66. The smallest absolute Gasteiger partial charge is 0.192 e. The van der Waals surface area contributed by atoms with Crippen LogP contribution in [-0.2, 0) is 9.84 Å². The quantitative estimate of drug-likeness (QED) is 0.905. The minimum Gasteiger partial charge on any atom is -0.365 e. The number of aromatic nitrogens is 1. The molecule has 90 valence electrons. The molecular formula is C10H16N2O2S2. The van der Waals surface area contributed by atoms with Gasteiger partial charge < -0.3 is 5.32 Å². The Hall–Kier alpha value is -0.620. The van der Waals surface area contributed by atoms with E-state index >= 15 is 0 Å². The number of thiazole rings is 1. The lowest BCUT2D eigenvalue weighted by Gasteiger charge is -2.08. The summed E-state index contributed by atoms with van der Waals surface area (Å²) in [5, 5.41) is 3.38. The summed E-state index contributed by atoms with van der Waals surface area (Å²) >= 11 is 1.24. The number of sulfone groups is 1. The molecule has 1 aliphatic rings. The molecule has 1 aromatic rings. The molecule has 0 unspecified atom stereocenters. The molecule has 1 aromatic heterocycles. The van der Waals surface area contributed by atoms with Crippen molar-refractivity contribution in [2.45, 2.75) is 42.1 Å². The van der Waals surface area contributed by atoms with E-state index in [1.54, 1.807) is 14.0 Å². The summed E-state index contributed by atoms with van der Waals surface area (Å²) in [6.45, 7) is 1.76. The number of aryl methyl sites for hydroxylation is 1. The summed E-state index contributed by atoms with van der Waals surface area (Å²) < 4.78 is 25.1. The third kappa shape index (κ3) is 1.96. The first-order valence-electron chi connectivity index (χ1n) is 5.45. The first-order chi connectivity index (χ1) is 7.55. The number of hydrogen-bond donors (Lipinski definition) is 1. The molecule has 0 bridgehead atoms. The van der Waals surface area contributed by atoms with Crippen molar-refractivity contribution in [2.24, 2.45) is 0 Å².